The van der Waals surface area contributed by atoms with Gasteiger partial charge in [-0.2, -0.15) is 0 Å². The van der Waals surface area contributed by atoms with Crippen LogP contribution in [-0.2, 0) is 7.05 Å². The molecule has 0 aromatic carbocycles. The normalized spacial score (nSPS) is 22.2. The second-order valence-corrected chi connectivity index (χ2v) is 7.33. The van der Waals surface area contributed by atoms with Crippen molar-refractivity contribution in [2.45, 2.75) is 50.3 Å². The van der Waals surface area contributed by atoms with Gasteiger partial charge in [0.25, 0.3) is 5.91 Å². The maximum atomic E-state index is 14.3. The van der Waals surface area contributed by atoms with Gasteiger partial charge in [0.2, 0.25) is 0 Å². The highest BCUT2D eigenvalue weighted by molar-refractivity contribution is 6.24. The van der Waals surface area contributed by atoms with Gasteiger partial charge in [0.15, 0.2) is 0 Å². The number of aromatic nitrogens is 1. The van der Waals surface area contributed by atoms with Crippen LogP contribution in [0.15, 0.2) is 6.20 Å². The fourth-order valence-electron chi connectivity index (χ4n) is 3.70. The molecular formula is C18H24ClFN2O. The summed E-state index contributed by atoms with van der Waals surface area (Å²) in [6, 6.07) is 0. The lowest BCUT2D eigenvalue weighted by Crippen LogP contribution is -2.39. The standard InChI is InChI=1S/C18H24ClFN2O/c1-22-11-14(17-15(20)8-13(19)9-16(17)22)18(23)21-10-12-6-4-2-3-5-7-12/h9,11-13H,2-8,10H2,1H3,(H,21,23). The third-order valence-electron chi connectivity index (χ3n) is 4.98. The molecule has 3 rings (SSSR count). The Bertz CT molecular complexity index is 701. The van der Waals surface area contributed by atoms with E-state index in [2.05, 4.69) is 5.32 Å². The van der Waals surface area contributed by atoms with Crippen LogP contribution in [-0.4, -0.2) is 22.4 Å². The summed E-state index contributed by atoms with van der Waals surface area (Å²) in [4.78, 5) is 12.5. The van der Waals surface area contributed by atoms with E-state index in [0.29, 0.717) is 28.6 Å². The van der Waals surface area contributed by atoms with Gasteiger partial charge in [0, 0.05) is 36.8 Å². The fourth-order valence-corrected chi connectivity index (χ4v) is 3.96. The Labute approximate surface area is 141 Å². The van der Waals surface area contributed by atoms with Crippen molar-refractivity contribution in [1.82, 2.24) is 9.88 Å². The maximum Gasteiger partial charge on any atom is 0.253 e. The quantitative estimate of drug-likeness (QED) is 0.667. The van der Waals surface area contributed by atoms with Gasteiger partial charge in [-0.25, -0.2) is 4.39 Å². The average Bonchev–Trinajstić information content (AvgIpc) is 2.71. The molecule has 0 saturated heterocycles. The van der Waals surface area contributed by atoms with E-state index in [-0.39, 0.29) is 23.5 Å². The second-order valence-electron chi connectivity index (χ2n) is 6.77. The summed E-state index contributed by atoms with van der Waals surface area (Å²) < 4.78 is 16.1. The van der Waals surface area contributed by atoms with Crippen LogP contribution in [0.5, 0.6) is 0 Å². The fraction of sp³-hybridized carbons (Fsp3) is 0.611. The summed E-state index contributed by atoms with van der Waals surface area (Å²) in [5, 5.41) is 3.78. The van der Waals surface area contributed by atoms with Crippen molar-refractivity contribution in [3.63, 3.8) is 0 Å². The zero-order valence-electron chi connectivity index (χ0n) is 13.6. The molecule has 5 heteroatoms. The van der Waals surface area contributed by atoms with E-state index < -0.39 is 0 Å². The summed E-state index contributed by atoms with van der Waals surface area (Å²) in [5.74, 6) is 0.0824. The number of alkyl halides is 1. The number of carbonyl (C=O) groups is 1. The van der Waals surface area contributed by atoms with Crippen LogP contribution >= 0.6 is 11.6 Å². The van der Waals surface area contributed by atoms with E-state index in [1.54, 1.807) is 10.8 Å². The Hall–Kier alpha value is -1.29. The van der Waals surface area contributed by atoms with Gasteiger partial charge in [-0.3, -0.25) is 4.79 Å². The van der Waals surface area contributed by atoms with Gasteiger partial charge >= 0.3 is 0 Å². The molecule has 3 nitrogen and oxygen atoms in total. The molecule has 2 aliphatic rings. The molecule has 1 fully saturated rings. The van der Waals surface area contributed by atoms with Crippen molar-refractivity contribution in [2.75, 3.05) is 6.54 Å². The molecule has 1 unspecified atom stereocenters. The zero-order valence-corrected chi connectivity index (χ0v) is 14.3. The molecule has 1 aromatic heterocycles. The van der Waals surface area contributed by atoms with Crippen LogP contribution in [0.1, 0.15) is 55.3 Å². The van der Waals surface area contributed by atoms with Gasteiger partial charge in [-0.15, -0.1) is 11.6 Å². The Morgan fingerprint density at radius 3 is 2.74 bits per heavy atom. The average molecular weight is 339 g/mol. The molecule has 1 atom stereocenters. The number of rotatable bonds is 3. The molecule has 2 aliphatic carbocycles. The van der Waals surface area contributed by atoms with Crippen LogP contribution in [0, 0.1) is 5.92 Å². The molecule has 126 valence electrons. The van der Waals surface area contributed by atoms with Crippen LogP contribution in [0.4, 0.5) is 4.39 Å². The molecule has 1 amide bonds. The predicted molar refractivity (Wildman–Crippen MR) is 91.4 cm³/mol. The lowest BCUT2D eigenvalue weighted by atomic mass is 10.0. The number of halogens is 2. The van der Waals surface area contributed by atoms with E-state index in [9.17, 15) is 9.18 Å². The number of hydrogen-bond acceptors (Lipinski definition) is 1. The van der Waals surface area contributed by atoms with Crippen molar-refractivity contribution >= 4 is 29.4 Å². The summed E-state index contributed by atoms with van der Waals surface area (Å²) in [6.07, 6.45) is 11.1. The van der Waals surface area contributed by atoms with Gasteiger partial charge in [0.1, 0.15) is 5.83 Å². The first kappa shape index (κ1) is 16.6. The maximum absolute atomic E-state index is 14.3. The van der Waals surface area contributed by atoms with Crippen molar-refractivity contribution in [1.29, 1.82) is 0 Å². The molecule has 0 aliphatic heterocycles. The summed E-state index contributed by atoms with van der Waals surface area (Å²) in [6.45, 7) is 0.686. The SMILES string of the molecule is Cn1cc(C(=O)NCC2CCCCCC2)c2c1=CC(Cl)CC=2F. The largest absolute Gasteiger partial charge is 0.352 e. The van der Waals surface area contributed by atoms with Crippen molar-refractivity contribution in [3.05, 3.63) is 22.3 Å². The Balaban J connectivity index is 1.78. The van der Waals surface area contributed by atoms with Gasteiger partial charge < -0.3 is 9.88 Å². The van der Waals surface area contributed by atoms with Gasteiger partial charge in [-0.05, 0) is 24.8 Å². The molecule has 1 aromatic rings. The van der Waals surface area contributed by atoms with E-state index in [1.165, 1.54) is 38.5 Å². The number of aryl methyl sites for hydroxylation is 1. The van der Waals surface area contributed by atoms with E-state index >= 15 is 0 Å². The summed E-state index contributed by atoms with van der Waals surface area (Å²) >= 11 is 6.05. The van der Waals surface area contributed by atoms with Crippen LogP contribution in [0.3, 0.4) is 0 Å². The highest BCUT2D eigenvalue weighted by Gasteiger charge is 2.21. The van der Waals surface area contributed by atoms with Crippen LogP contribution < -0.4 is 15.9 Å². The third kappa shape index (κ3) is 3.63. The van der Waals surface area contributed by atoms with E-state index in [0.717, 1.165) is 0 Å². The molecule has 0 bridgehead atoms. The molecule has 0 spiro atoms. The first-order chi connectivity index (χ1) is 11.1. The van der Waals surface area contributed by atoms with E-state index in [1.807, 2.05) is 13.1 Å². The van der Waals surface area contributed by atoms with Crippen molar-refractivity contribution in [2.24, 2.45) is 13.0 Å². The lowest BCUT2D eigenvalue weighted by molar-refractivity contribution is 0.0944. The highest BCUT2D eigenvalue weighted by atomic mass is 35.5. The van der Waals surface area contributed by atoms with Gasteiger partial charge in [0.05, 0.1) is 10.9 Å². The van der Waals surface area contributed by atoms with Crippen LogP contribution in [0.25, 0.3) is 11.9 Å². The number of nitrogens with one attached hydrogen (secondary N) is 1. The number of fused-ring (bicyclic) bond motifs is 1. The summed E-state index contributed by atoms with van der Waals surface area (Å²) in [7, 11) is 1.82. The lowest BCUT2D eigenvalue weighted by Gasteiger charge is -2.14. The smallest absolute Gasteiger partial charge is 0.253 e. The number of carbonyl (C=O) groups excluding carboxylic acids is 1. The van der Waals surface area contributed by atoms with E-state index in [4.69, 9.17) is 11.6 Å². The Morgan fingerprint density at radius 2 is 2.04 bits per heavy atom. The molecule has 1 N–H and O–H groups in total. The monoisotopic (exact) mass is 338 g/mol. The van der Waals surface area contributed by atoms with Gasteiger partial charge in [-0.1, -0.05) is 25.7 Å². The summed E-state index contributed by atoms with van der Waals surface area (Å²) in [5.41, 5.74) is 0.424. The highest BCUT2D eigenvalue weighted by Crippen LogP contribution is 2.22. The van der Waals surface area contributed by atoms with Crippen molar-refractivity contribution in [3.8, 4) is 0 Å². The first-order valence-electron chi connectivity index (χ1n) is 8.54. The predicted octanol–water partition coefficient (Wildman–Crippen LogP) is 2.59. The second kappa shape index (κ2) is 7.08. The molecule has 0 radical (unpaired) electrons. The third-order valence-corrected chi connectivity index (χ3v) is 5.26. The molecule has 1 heterocycles. The minimum absolute atomic E-state index is 0.154. The molecule has 23 heavy (non-hydrogen) atoms. The zero-order chi connectivity index (χ0) is 16.4. The molecular weight excluding hydrogens is 315 g/mol. The Kier molecular flexibility index (Phi) is 5.10. The first-order valence-corrected chi connectivity index (χ1v) is 8.98. The topological polar surface area (TPSA) is 34.0 Å². The number of hydrogen-bond donors (Lipinski definition) is 1. The molecule has 1 saturated carbocycles. The number of amides is 1. The van der Waals surface area contributed by atoms with Crippen LogP contribution in [0.2, 0.25) is 0 Å². The number of nitrogens with zero attached hydrogens (tertiary/aromatic N) is 1. The van der Waals surface area contributed by atoms with Crippen molar-refractivity contribution < 1.29 is 9.18 Å². The minimum atomic E-state index is -0.349. The Morgan fingerprint density at radius 1 is 1.35 bits per heavy atom. The minimum Gasteiger partial charge on any atom is -0.352 e.